The van der Waals surface area contributed by atoms with E-state index in [0.717, 1.165) is 51.6 Å². The molecule has 282 valence electrons. The van der Waals surface area contributed by atoms with Gasteiger partial charge in [-0.2, -0.15) is 0 Å². The number of rotatable bonds is 23. The maximum absolute atomic E-state index is 12.3. The summed E-state index contributed by atoms with van der Waals surface area (Å²) in [7, 11) is 0. The highest BCUT2D eigenvalue weighted by atomic mass is 16.5. The number of carbonyl (C=O) groups excluding carboxylic acids is 3. The zero-order valence-corrected chi connectivity index (χ0v) is 34.3. The van der Waals surface area contributed by atoms with E-state index >= 15 is 0 Å². The van der Waals surface area contributed by atoms with Gasteiger partial charge in [-0.25, -0.2) is 0 Å². The van der Waals surface area contributed by atoms with Gasteiger partial charge in [0, 0.05) is 56.1 Å². The van der Waals surface area contributed by atoms with Gasteiger partial charge in [0.1, 0.15) is 5.78 Å². The van der Waals surface area contributed by atoms with Gasteiger partial charge in [0.25, 0.3) is 0 Å². The standard InChI is InChI=1S/C19H40N2O2.C18H35NO3.C2H6/c1-15(2)10-9-12-20-17(22)18(5,6)11-13-23-19(7,8)14-21-16(3)4;1-14(2)9-8-10-16(21)19-17(4,5)11-12-22-18(6,7)13-15(3)20;1-2/h15-16,21H,9-14H2,1-8H3,(H,20,22);14H,8-13H2,1-7H3,(H,19,21);1-2H3. The number of ketones is 1. The first kappa shape index (κ1) is 49.9. The molecule has 0 unspecified atom stereocenters. The molecule has 0 spiro atoms. The van der Waals surface area contributed by atoms with Crippen LogP contribution in [0.2, 0.25) is 0 Å². The van der Waals surface area contributed by atoms with E-state index in [-0.39, 0.29) is 34.2 Å². The van der Waals surface area contributed by atoms with Crippen molar-refractivity contribution in [1.29, 1.82) is 0 Å². The summed E-state index contributed by atoms with van der Waals surface area (Å²) in [5.41, 5.74) is -1.34. The van der Waals surface area contributed by atoms with Gasteiger partial charge in [-0.3, -0.25) is 14.4 Å². The minimum Gasteiger partial charge on any atom is -0.375 e. The molecule has 0 saturated carbocycles. The van der Waals surface area contributed by atoms with Gasteiger partial charge in [-0.05, 0) is 92.4 Å². The van der Waals surface area contributed by atoms with Crippen LogP contribution >= 0.6 is 0 Å². The molecule has 0 bridgehead atoms. The van der Waals surface area contributed by atoms with E-state index < -0.39 is 5.60 Å². The van der Waals surface area contributed by atoms with Crippen molar-refractivity contribution in [1.82, 2.24) is 16.0 Å². The molecule has 0 radical (unpaired) electrons. The molecule has 8 nitrogen and oxygen atoms in total. The second kappa shape index (κ2) is 25.5. The van der Waals surface area contributed by atoms with Crippen LogP contribution in [0.15, 0.2) is 0 Å². The molecule has 0 aliphatic carbocycles. The van der Waals surface area contributed by atoms with Gasteiger partial charge in [-0.1, -0.05) is 75.7 Å². The Balaban J connectivity index is -0.000000783. The van der Waals surface area contributed by atoms with E-state index in [4.69, 9.17) is 9.47 Å². The van der Waals surface area contributed by atoms with E-state index in [2.05, 4.69) is 71.3 Å². The summed E-state index contributed by atoms with van der Waals surface area (Å²) < 4.78 is 11.8. The summed E-state index contributed by atoms with van der Waals surface area (Å²) in [5, 5.41) is 9.53. The molecular weight excluding hydrogens is 590 g/mol. The van der Waals surface area contributed by atoms with Crippen LogP contribution in [0, 0.1) is 17.3 Å². The molecule has 3 N–H and O–H groups in total. The fourth-order valence-corrected chi connectivity index (χ4v) is 4.55. The lowest BCUT2D eigenvalue weighted by Gasteiger charge is -2.30. The molecule has 0 aromatic heterocycles. The number of amides is 2. The second-order valence-electron chi connectivity index (χ2n) is 16.5. The Morgan fingerprint density at radius 2 is 1.19 bits per heavy atom. The van der Waals surface area contributed by atoms with Crippen molar-refractivity contribution in [3.63, 3.8) is 0 Å². The third kappa shape index (κ3) is 32.8. The Hall–Kier alpha value is -1.51. The smallest absolute Gasteiger partial charge is 0.225 e. The van der Waals surface area contributed by atoms with Gasteiger partial charge in [0.2, 0.25) is 11.8 Å². The van der Waals surface area contributed by atoms with E-state index in [9.17, 15) is 14.4 Å². The van der Waals surface area contributed by atoms with Crippen LogP contribution in [0.5, 0.6) is 0 Å². The van der Waals surface area contributed by atoms with Crippen LogP contribution < -0.4 is 16.0 Å². The number of hydrogen-bond acceptors (Lipinski definition) is 6. The quantitative estimate of drug-likeness (QED) is 0.0940. The van der Waals surface area contributed by atoms with E-state index in [0.29, 0.717) is 43.9 Å². The van der Waals surface area contributed by atoms with Gasteiger partial charge >= 0.3 is 0 Å². The third-order valence-corrected chi connectivity index (χ3v) is 7.57. The van der Waals surface area contributed by atoms with Crippen LogP contribution in [-0.2, 0) is 23.9 Å². The number of hydrogen-bond donors (Lipinski definition) is 3. The minimum absolute atomic E-state index is 0.105. The number of nitrogens with one attached hydrogen (secondary N) is 3. The molecule has 8 heteroatoms. The Bertz CT molecular complexity index is 832. The van der Waals surface area contributed by atoms with Crippen molar-refractivity contribution < 1.29 is 23.9 Å². The third-order valence-electron chi connectivity index (χ3n) is 7.57. The fraction of sp³-hybridized carbons (Fsp3) is 0.923. The van der Waals surface area contributed by atoms with Crippen LogP contribution in [0.4, 0.5) is 0 Å². The predicted molar refractivity (Wildman–Crippen MR) is 201 cm³/mol. The van der Waals surface area contributed by atoms with Crippen molar-refractivity contribution in [3.8, 4) is 0 Å². The van der Waals surface area contributed by atoms with Crippen molar-refractivity contribution in [2.24, 2.45) is 17.3 Å². The molecule has 0 heterocycles. The van der Waals surface area contributed by atoms with Crippen molar-refractivity contribution in [3.05, 3.63) is 0 Å². The molecule has 0 fully saturated rings. The zero-order chi connectivity index (χ0) is 37.5. The number of ether oxygens (including phenoxy) is 2. The van der Waals surface area contributed by atoms with Crippen LogP contribution in [0.1, 0.15) is 169 Å². The Kier molecular flexibility index (Phi) is 27.0. The highest BCUT2D eigenvalue weighted by Crippen LogP contribution is 2.22. The first-order valence-corrected chi connectivity index (χ1v) is 18.5. The monoisotopic (exact) mass is 672 g/mol. The molecule has 0 saturated heterocycles. The highest BCUT2D eigenvalue weighted by Gasteiger charge is 2.29. The lowest BCUT2D eigenvalue weighted by atomic mass is 9.88. The number of carbonyl (C=O) groups is 3. The number of Topliss-reactive ketones (excluding diaryl/α,β-unsaturated/α-hetero) is 1. The Labute approximate surface area is 292 Å². The topological polar surface area (TPSA) is 106 Å². The largest absolute Gasteiger partial charge is 0.375 e. The van der Waals surface area contributed by atoms with Crippen LogP contribution in [-0.4, -0.2) is 66.7 Å². The lowest BCUT2D eigenvalue weighted by molar-refractivity contribution is -0.131. The molecule has 0 rings (SSSR count). The van der Waals surface area contributed by atoms with Gasteiger partial charge in [0.15, 0.2) is 0 Å². The average Bonchev–Trinajstić information content (AvgIpc) is 2.89. The van der Waals surface area contributed by atoms with Crippen LogP contribution in [0.25, 0.3) is 0 Å². The molecule has 0 aliphatic heterocycles. The Morgan fingerprint density at radius 3 is 1.68 bits per heavy atom. The maximum atomic E-state index is 12.3. The predicted octanol–water partition coefficient (Wildman–Crippen LogP) is 8.65. The SMILES string of the molecule is CC.CC(=O)CC(C)(C)OCCC(C)(C)NC(=O)CCCC(C)C.CC(C)CCCNC(=O)C(C)(C)CCOC(C)(C)CNC(C)C. The summed E-state index contributed by atoms with van der Waals surface area (Å²) in [4.78, 5) is 35.4. The lowest BCUT2D eigenvalue weighted by Crippen LogP contribution is -2.44. The molecule has 2 amide bonds. The van der Waals surface area contributed by atoms with E-state index in [1.54, 1.807) is 6.92 Å². The summed E-state index contributed by atoms with van der Waals surface area (Å²) in [6, 6.07) is 0.450. The normalized spacial score (nSPS) is 12.3. The van der Waals surface area contributed by atoms with Crippen molar-refractivity contribution >= 4 is 17.6 Å². The summed E-state index contributed by atoms with van der Waals surface area (Å²) >= 11 is 0. The molecular formula is C39H81N3O5. The first-order valence-electron chi connectivity index (χ1n) is 18.5. The summed E-state index contributed by atoms with van der Waals surface area (Å²) in [5.74, 6) is 1.69. The Morgan fingerprint density at radius 1 is 0.702 bits per heavy atom. The first-order chi connectivity index (χ1) is 21.4. The molecule has 0 aromatic rings. The molecule has 0 atom stereocenters. The zero-order valence-electron chi connectivity index (χ0n) is 34.3. The van der Waals surface area contributed by atoms with Crippen LogP contribution in [0.3, 0.4) is 0 Å². The summed E-state index contributed by atoms with van der Waals surface area (Å²) in [6.07, 6.45) is 6.66. The van der Waals surface area contributed by atoms with Crippen molar-refractivity contribution in [2.45, 2.75) is 192 Å². The average molecular weight is 672 g/mol. The summed E-state index contributed by atoms with van der Waals surface area (Å²) in [6.45, 7) is 37.3. The van der Waals surface area contributed by atoms with Crippen molar-refractivity contribution in [2.75, 3.05) is 26.3 Å². The van der Waals surface area contributed by atoms with Gasteiger partial charge in [-0.15, -0.1) is 0 Å². The molecule has 47 heavy (non-hydrogen) atoms. The van der Waals surface area contributed by atoms with E-state index in [1.165, 1.54) is 0 Å². The molecule has 0 aliphatic rings. The fourth-order valence-electron chi connectivity index (χ4n) is 4.55. The van der Waals surface area contributed by atoms with Gasteiger partial charge in [0.05, 0.1) is 11.2 Å². The van der Waals surface area contributed by atoms with E-state index in [1.807, 2.05) is 55.4 Å². The second-order valence-corrected chi connectivity index (χ2v) is 16.5. The maximum Gasteiger partial charge on any atom is 0.225 e. The van der Waals surface area contributed by atoms with Gasteiger partial charge < -0.3 is 25.4 Å². The highest BCUT2D eigenvalue weighted by molar-refractivity contribution is 5.81. The minimum atomic E-state index is -0.441. The molecule has 0 aromatic carbocycles.